The number of unbranched alkanes of at least 4 members (excludes halogenated alkanes) is 1. The monoisotopic (exact) mass is 272 g/mol. The Morgan fingerprint density at radius 2 is 1.85 bits per heavy atom. The Balaban J connectivity index is 2.56. The third kappa shape index (κ3) is 2.90. The van der Waals surface area contributed by atoms with Gasteiger partial charge in [-0.1, -0.05) is 52.3 Å². The largest absolute Gasteiger partial charge is 0.507 e. The van der Waals surface area contributed by atoms with Crippen LogP contribution in [0.4, 0.5) is 0 Å². The zero-order chi connectivity index (χ0) is 14.8. The van der Waals surface area contributed by atoms with Crippen LogP contribution in [0.5, 0.6) is 11.5 Å². The number of benzene rings is 2. The maximum Gasteiger partial charge on any atom is 0.127 e. The van der Waals surface area contributed by atoms with Gasteiger partial charge in [-0.2, -0.15) is 0 Å². The molecular formula is C18H24O2. The number of rotatable bonds is 4. The molecule has 2 heteroatoms. The van der Waals surface area contributed by atoms with Crippen LogP contribution >= 0.6 is 0 Å². The average molecular weight is 272 g/mol. The second kappa shape index (κ2) is 5.74. The van der Waals surface area contributed by atoms with Crippen molar-refractivity contribution in [3.8, 4) is 11.5 Å². The highest BCUT2D eigenvalue weighted by molar-refractivity contribution is 5.96. The average Bonchev–Trinajstić information content (AvgIpc) is 2.40. The highest BCUT2D eigenvalue weighted by atomic mass is 16.5. The third-order valence-electron chi connectivity index (χ3n) is 3.54. The van der Waals surface area contributed by atoms with Gasteiger partial charge in [0.25, 0.3) is 0 Å². The molecule has 0 saturated carbocycles. The highest BCUT2D eigenvalue weighted by Crippen LogP contribution is 2.39. The van der Waals surface area contributed by atoms with Crippen LogP contribution in [-0.4, -0.2) is 11.7 Å². The van der Waals surface area contributed by atoms with Crippen molar-refractivity contribution in [1.82, 2.24) is 0 Å². The summed E-state index contributed by atoms with van der Waals surface area (Å²) in [5.74, 6) is 1.19. The fourth-order valence-corrected chi connectivity index (χ4v) is 2.44. The number of ether oxygens (including phenoxy) is 1. The van der Waals surface area contributed by atoms with E-state index in [9.17, 15) is 5.11 Å². The van der Waals surface area contributed by atoms with Gasteiger partial charge in [0.05, 0.1) is 6.61 Å². The van der Waals surface area contributed by atoms with Crippen LogP contribution < -0.4 is 4.74 Å². The summed E-state index contributed by atoms with van der Waals surface area (Å²) in [7, 11) is 0. The van der Waals surface area contributed by atoms with Gasteiger partial charge in [0.2, 0.25) is 0 Å². The minimum atomic E-state index is -0.0148. The fraction of sp³-hybridized carbons (Fsp3) is 0.444. The van der Waals surface area contributed by atoms with E-state index in [4.69, 9.17) is 4.74 Å². The number of phenols is 1. The topological polar surface area (TPSA) is 29.5 Å². The van der Waals surface area contributed by atoms with Gasteiger partial charge in [0.15, 0.2) is 0 Å². The van der Waals surface area contributed by atoms with Crippen molar-refractivity contribution >= 4 is 10.8 Å². The molecule has 0 saturated heterocycles. The van der Waals surface area contributed by atoms with Crippen molar-refractivity contribution in [2.75, 3.05) is 6.61 Å². The number of hydrogen-bond donors (Lipinski definition) is 1. The van der Waals surface area contributed by atoms with Gasteiger partial charge in [-0.15, -0.1) is 0 Å². The summed E-state index contributed by atoms with van der Waals surface area (Å²) in [6.45, 7) is 9.34. The van der Waals surface area contributed by atoms with Crippen LogP contribution in [0.25, 0.3) is 10.8 Å². The van der Waals surface area contributed by atoms with E-state index in [1.165, 1.54) is 0 Å². The molecule has 2 rings (SSSR count). The lowest BCUT2D eigenvalue weighted by molar-refractivity contribution is 0.312. The summed E-state index contributed by atoms with van der Waals surface area (Å²) < 4.78 is 5.87. The molecule has 0 amide bonds. The van der Waals surface area contributed by atoms with Gasteiger partial charge < -0.3 is 9.84 Å². The first-order chi connectivity index (χ1) is 9.45. The van der Waals surface area contributed by atoms with Crippen molar-refractivity contribution < 1.29 is 9.84 Å². The molecule has 0 aliphatic heterocycles. The van der Waals surface area contributed by atoms with Crippen LogP contribution in [0.15, 0.2) is 30.3 Å². The predicted molar refractivity (Wildman–Crippen MR) is 84.7 cm³/mol. The van der Waals surface area contributed by atoms with Crippen LogP contribution in [0.3, 0.4) is 0 Å². The molecule has 0 atom stereocenters. The van der Waals surface area contributed by atoms with Crippen molar-refractivity contribution in [1.29, 1.82) is 0 Å². The molecule has 0 spiro atoms. The fourth-order valence-electron chi connectivity index (χ4n) is 2.44. The molecule has 0 unspecified atom stereocenters. The minimum Gasteiger partial charge on any atom is -0.507 e. The van der Waals surface area contributed by atoms with E-state index in [1.54, 1.807) is 6.07 Å². The SMILES string of the molecule is CCCCOc1ccc(O)c2c(C(C)(C)C)cccc12. The lowest BCUT2D eigenvalue weighted by atomic mass is 9.83. The first-order valence-corrected chi connectivity index (χ1v) is 7.33. The molecule has 20 heavy (non-hydrogen) atoms. The summed E-state index contributed by atoms with van der Waals surface area (Å²) in [6, 6.07) is 9.73. The standard InChI is InChI=1S/C18H24O2/c1-5-6-12-20-16-11-10-15(19)17-13(16)8-7-9-14(17)18(2,3)4/h7-11,19H,5-6,12H2,1-4H3. The smallest absolute Gasteiger partial charge is 0.127 e. The van der Waals surface area contributed by atoms with Crippen LogP contribution in [0.1, 0.15) is 46.1 Å². The summed E-state index contributed by atoms with van der Waals surface area (Å²) in [5.41, 5.74) is 1.13. The molecule has 2 nitrogen and oxygen atoms in total. The second-order valence-corrected chi connectivity index (χ2v) is 6.26. The molecular weight excluding hydrogens is 248 g/mol. The number of hydrogen-bond acceptors (Lipinski definition) is 2. The van der Waals surface area contributed by atoms with E-state index < -0.39 is 0 Å². The summed E-state index contributed by atoms with van der Waals surface area (Å²) >= 11 is 0. The molecule has 0 heterocycles. The highest BCUT2D eigenvalue weighted by Gasteiger charge is 2.20. The van der Waals surface area contributed by atoms with Crippen molar-refractivity contribution in [2.45, 2.75) is 46.0 Å². The zero-order valence-corrected chi connectivity index (χ0v) is 12.9. The van der Waals surface area contributed by atoms with Crippen molar-refractivity contribution in [3.05, 3.63) is 35.9 Å². The predicted octanol–water partition coefficient (Wildman–Crippen LogP) is 5.02. The van der Waals surface area contributed by atoms with Crippen LogP contribution in [0, 0.1) is 0 Å². The van der Waals surface area contributed by atoms with E-state index in [2.05, 4.69) is 33.8 Å². The Kier molecular flexibility index (Phi) is 4.22. The van der Waals surface area contributed by atoms with Gasteiger partial charge >= 0.3 is 0 Å². The molecule has 0 radical (unpaired) electrons. The van der Waals surface area contributed by atoms with E-state index in [1.807, 2.05) is 18.2 Å². The molecule has 0 aliphatic rings. The lowest BCUT2D eigenvalue weighted by Crippen LogP contribution is -2.11. The van der Waals surface area contributed by atoms with E-state index in [-0.39, 0.29) is 5.41 Å². The molecule has 2 aromatic rings. The molecule has 108 valence electrons. The van der Waals surface area contributed by atoms with Gasteiger partial charge in [-0.25, -0.2) is 0 Å². The Bertz CT molecular complexity index is 594. The normalized spacial score (nSPS) is 11.8. The van der Waals surface area contributed by atoms with E-state index in [0.717, 1.165) is 41.5 Å². The first-order valence-electron chi connectivity index (χ1n) is 7.33. The molecule has 2 aromatic carbocycles. The second-order valence-electron chi connectivity index (χ2n) is 6.26. The van der Waals surface area contributed by atoms with Crippen molar-refractivity contribution in [2.24, 2.45) is 0 Å². The maximum absolute atomic E-state index is 10.3. The Hall–Kier alpha value is -1.70. The Morgan fingerprint density at radius 3 is 2.50 bits per heavy atom. The van der Waals surface area contributed by atoms with Crippen LogP contribution in [-0.2, 0) is 5.41 Å². The molecule has 0 bridgehead atoms. The molecule has 0 aromatic heterocycles. The zero-order valence-electron chi connectivity index (χ0n) is 12.9. The first kappa shape index (κ1) is 14.7. The Morgan fingerprint density at radius 1 is 1.10 bits per heavy atom. The Labute approximate surface area is 121 Å². The summed E-state index contributed by atoms with van der Waals surface area (Å²) in [5, 5.41) is 12.2. The van der Waals surface area contributed by atoms with Crippen LogP contribution in [0.2, 0.25) is 0 Å². The van der Waals surface area contributed by atoms with Gasteiger partial charge in [0, 0.05) is 10.8 Å². The van der Waals surface area contributed by atoms with Crippen molar-refractivity contribution in [3.63, 3.8) is 0 Å². The number of aromatic hydroxyl groups is 1. The quantitative estimate of drug-likeness (QED) is 0.792. The number of phenolic OH excluding ortho intramolecular Hbond substituents is 1. The third-order valence-corrected chi connectivity index (χ3v) is 3.54. The van der Waals surface area contributed by atoms with Gasteiger partial charge in [-0.3, -0.25) is 0 Å². The molecule has 0 fully saturated rings. The van der Waals surface area contributed by atoms with E-state index in [0.29, 0.717) is 5.75 Å². The van der Waals surface area contributed by atoms with Gasteiger partial charge in [0.1, 0.15) is 11.5 Å². The van der Waals surface area contributed by atoms with E-state index >= 15 is 0 Å². The molecule has 1 N–H and O–H groups in total. The summed E-state index contributed by atoms with van der Waals surface area (Å²) in [4.78, 5) is 0. The molecule has 0 aliphatic carbocycles. The lowest BCUT2D eigenvalue weighted by Gasteiger charge is -2.22. The minimum absolute atomic E-state index is 0.0148. The summed E-state index contributed by atoms with van der Waals surface area (Å²) in [6.07, 6.45) is 2.16. The maximum atomic E-state index is 10.3. The van der Waals surface area contributed by atoms with Gasteiger partial charge in [-0.05, 0) is 29.5 Å². The number of fused-ring (bicyclic) bond motifs is 1.